The van der Waals surface area contributed by atoms with Crippen LogP contribution in [0.3, 0.4) is 0 Å². The van der Waals surface area contributed by atoms with E-state index >= 15 is 0 Å². The molecule has 1 aromatic rings. The molecule has 1 heterocycles. The number of nitrogens with two attached hydrogens (primary N) is 1. The molecule has 0 aliphatic heterocycles. The van der Waals surface area contributed by atoms with Gasteiger partial charge in [-0.2, -0.15) is 0 Å². The van der Waals surface area contributed by atoms with Crippen molar-refractivity contribution in [1.82, 2.24) is 4.98 Å². The van der Waals surface area contributed by atoms with Crippen molar-refractivity contribution in [3.8, 4) is 0 Å². The molecule has 2 aliphatic carbocycles. The summed E-state index contributed by atoms with van der Waals surface area (Å²) in [6.07, 6.45) is 5.22. The summed E-state index contributed by atoms with van der Waals surface area (Å²) in [6, 6.07) is 2.92. The molecule has 2 fully saturated rings. The third-order valence-electron chi connectivity index (χ3n) is 4.63. The van der Waals surface area contributed by atoms with Crippen LogP contribution >= 0.6 is 0 Å². The van der Waals surface area contributed by atoms with E-state index < -0.39 is 4.92 Å². The quantitative estimate of drug-likeness (QED) is 0.432. The zero-order valence-electron chi connectivity index (χ0n) is 11.2. The molecular weight excluding hydrogens is 258 g/mol. The van der Waals surface area contributed by atoms with E-state index in [1.54, 1.807) is 0 Å². The third kappa shape index (κ3) is 2.40. The van der Waals surface area contributed by atoms with E-state index in [0.717, 1.165) is 18.4 Å². The fraction of sp³-hybridized carbons (Fsp3) is 0.615. The molecular formula is C13H19N5O2. The maximum absolute atomic E-state index is 11.0. The third-order valence-corrected chi connectivity index (χ3v) is 4.63. The first kappa shape index (κ1) is 13.1. The number of rotatable bonds is 5. The summed E-state index contributed by atoms with van der Waals surface area (Å²) in [5.41, 5.74) is 2.41. The Balaban J connectivity index is 1.71. The molecule has 1 aromatic heterocycles. The van der Waals surface area contributed by atoms with Crippen LogP contribution in [0.1, 0.15) is 25.7 Å². The smallest absolute Gasteiger partial charge is 0.311 e. The summed E-state index contributed by atoms with van der Waals surface area (Å²) < 4.78 is 0. The Morgan fingerprint density at radius 3 is 2.85 bits per heavy atom. The second-order valence-electron chi connectivity index (χ2n) is 5.78. The van der Waals surface area contributed by atoms with Gasteiger partial charge in [-0.25, -0.2) is 10.8 Å². The Kier molecular flexibility index (Phi) is 3.43. The van der Waals surface area contributed by atoms with E-state index in [2.05, 4.69) is 15.7 Å². The van der Waals surface area contributed by atoms with Gasteiger partial charge in [0.15, 0.2) is 0 Å². The molecule has 0 radical (unpaired) electrons. The van der Waals surface area contributed by atoms with Gasteiger partial charge in [-0.15, -0.1) is 0 Å². The summed E-state index contributed by atoms with van der Waals surface area (Å²) in [5.74, 6) is 8.29. The Hall–Kier alpha value is -1.89. The number of nitrogens with one attached hydrogen (secondary N) is 2. The average Bonchev–Trinajstić information content (AvgIpc) is 3.07. The van der Waals surface area contributed by atoms with Crippen molar-refractivity contribution < 1.29 is 4.92 Å². The number of fused-ring (bicyclic) bond motifs is 2. The number of aromatic nitrogens is 1. The minimum Gasteiger partial charge on any atom is -0.364 e. The van der Waals surface area contributed by atoms with Crippen LogP contribution in [0.5, 0.6) is 0 Å². The van der Waals surface area contributed by atoms with Gasteiger partial charge in [0.1, 0.15) is 5.82 Å². The van der Waals surface area contributed by atoms with Crippen LogP contribution in [0.2, 0.25) is 0 Å². The fourth-order valence-corrected chi connectivity index (χ4v) is 3.66. The van der Waals surface area contributed by atoms with Gasteiger partial charge in [-0.1, -0.05) is 6.42 Å². The van der Waals surface area contributed by atoms with Gasteiger partial charge >= 0.3 is 5.69 Å². The largest absolute Gasteiger partial charge is 0.364 e. The molecule has 3 unspecified atom stereocenters. The summed E-state index contributed by atoms with van der Waals surface area (Å²) in [5, 5.41) is 14.2. The van der Waals surface area contributed by atoms with E-state index in [9.17, 15) is 10.1 Å². The molecule has 2 aliphatic rings. The first-order chi connectivity index (χ1) is 9.67. The Labute approximate surface area is 117 Å². The maximum Gasteiger partial charge on any atom is 0.311 e. The summed E-state index contributed by atoms with van der Waals surface area (Å²) in [4.78, 5) is 14.7. The second-order valence-corrected chi connectivity index (χ2v) is 5.78. The molecule has 7 heteroatoms. The van der Waals surface area contributed by atoms with Crippen LogP contribution in [0.15, 0.2) is 12.1 Å². The van der Waals surface area contributed by atoms with E-state index in [1.807, 2.05) is 0 Å². The minimum atomic E-state index is -0.420. The second kappa shape index (κ2) is 5.24. The van der Waals surface area contributed by atoms with E-state index in [4.69, 9.17) is 5.84 Å². The molecule has 2 saturated carbocycles. The predicted molar refractivity (Wildman–Crippen MR) is 76.1 cm³/mol. The van der Waals surface area contributed by atoms with E-state index in [0.29, 0.717) is 17.6 Å². The van der Waals surface area contributed by atoms with Gasteiger partial charge in [0.2, 0.25) is 5.82 Å². The van der Waals surface area contributed by atoms with Crippen molar-refractivity contribution >= 4 is 17.3 Å². The van der Waals surface area contributed by atoms with Gasteiger partial charge in [0.05, 0.1) is 4.92 Å². The SMILES string of the molecule is NNc1ccc([N+](=O)[O-])c(NCC2CC3CCC2C3)n1. The highest BCUT2D eigenvalue weighted by Crippen LogP contribution is 2.48. The lowest BCUT2D eigenvalue weighted by Crippen LogP contribution is -2.21. The van der Waals surface area contributed by atoms with Gasteiger partial charge in [-0.3, -0.25) is 10.1 Å². The lowest BCUT2D eigenvalue weighted by molar-refractivity contribution is -0.384. The van der Waals surface area contributed by atoms with Crippen molar-refractivity contribution in [3.05, 3.63) is 22.2 Å². The Morgan fingerprint density at radius 2 is 2.25 bits per heavy atom. The zero-order valence-corrected chi connectivity index (χ0v) is 11.2. The number of hydrazine groups is 1. The number of hydrogen-bond acceptors (Lipinski definition) is 6. The monoisotopic (exact) mass is 277 g/mol. The zero-order chi connectivity index (χ0) is 14.1. The molecule has 0 saturated heterocycles. The molecule has 3 atom stereocenters. The van der Waals surface area contributed by atoms with Crippen LogP contribution in [0, 0.1) is 27.9 Å². The van der Waals surface area contributed by atoms with Crippen molar-refractivity contribution in [3.63, 3.8) is 0 Å². The van der Waals surface area contributed by atoms with Crippen LogP contribution in [-0.4, -0.2) is 16.5 Å². The standard InChI is InChI=1S/C13H19N5O2/c14-17-12-4-3-11(18(19)20)13(16-12)15-7-10-6-8-1-2-9(10)5-8/h3-4,8-10H,1-2,5-7,14H2,(H2,15,16,17). The number of anilines is 2. The Morgan fingerprint density at radius 1 is 1.40 bits per heavy atom. The molecule has 7 nitrogen and oxygen atoms in total. The Bertz CT molecular complexity index is 521. The lowest BCUT2D eigenvalue weighted by atomic mass is 9.89. The number of pyridine rings is 1. The van der Waals surface area contributed by atoms with Crippen molar-refractivity contribution in [1.29, 1.82) is 0 Å². The molecule has 0 amide bonds. The molecule has 20 heavy (non-hydrogen) atoms. The van der Waals surface area contributed by atoms with Gasteiger partial charge < -0.3 is 10.7 Å². The maximum atomic E-state index is 11.0. The molecule has 4 N–H and O–H groups in total. The topological polar surface area (TPSA) is 106 Å². The molecule has 108 valence electrons. The highest BCUT2D eigenvalue weighted by Gasteiger charge is 2.39. The summed E-state index contributed by atoms with van der Waals surface area (Å²) in [6.45, 7) is 0.753. The normalized spacial score (nSPS) is 27.6. The minimum absolute atomic E-state index is 0.00726. The van der Waals surface area contributed by atoms with E-state index in [1.165, 1.54) is 37.8 Å². The number of hydrogen-bond donors (Lipinski definition) is 3. The molecule has 3 rings (SSSR count). The highest BCUT2D eigenvalue weighted by molar-refractivity contribution is 5.60. The molecule has 0 aromatic carbocycles. The number of nitrogen functional groups attached to an aromatic ring is 1. The summed E-state index contributed by atoms with van der Waals surface area (Å²) >= 11 is 0. The predicted octanol–water partition coefficient (Wildman–Crippen LogP) is 2.12. The van der Waals surface area contributed by atoms with Crippen LogP contribution in [0.4, 0.5) is 17.3 Å². The molecule has 2 bridgehead atoms. The average molecular weight is 277 g/mol. The van der Waals surface area contributed by atoms with Gasteiger partial charge in [0.25, 0.3) is 0 Å². The van der Waals surface area contributed by atoms with Crippen LogP contribution in [0.25, 0.3) is 0 Å². The first-order valence-corrected chi connectivity index (χ1v) is 7.03. The van der Waals surface area contributed by atoms with Crippen molar-refractivity contribution in [2.24, 2.45) is 23.6 Å². The first-order valence-electron chi connectivity index (χ1n) is 7.03. The van der Waals surface area contributed by atoms with E-state index in [-0.39, 0.29) is 5.69 Å². The van der Waals surface area contributed by atoms with Gasteiger partial charge in [-0.05, 0) is 43.1 Å². The van der Waals surface area contributed by atoms with Crippen molar-refractivity contribution in [2.45, 2.75) is 25.7 Å². The van der Waals surface area contributed by atoms with Crippen molar-refractivity contribution in [2.75, 3.05) is 17.3 Å². The molecule has 0 spiro atoms. The van der Waals surface area contributed by atoms with Gasteiger partial charge in [0, 0.05) is 12.6 Å². The van der Waals surface area contributed by atoms with Crippen LogP contribution < -0.4 is 16.6 Å². The lowest BCUT2D eigenvalue weighted by Gasteiger charge is -2.22. The number of nitro groups is 1. The fourth-order valence-electron chi connectivity index (χ4n) is 3.66. The summed E-state index contributed by atoms with van der Waals surface area (Å²) in [7, 11) is 0. The van der Waals surface area contributed by atoms with Crippen LogP contribution in [-0.2, 0) is 0 Å². The number of nitrogens with zero attached hydrogens (tertiary/aromatic N) is 2. The highest BCUT2D eigenvalue weighted by atomic mass is 16.6.